The first-order chi connectivity index (χ1) is 18.7. The molecule has 2 aliphatic rings. The Hall–Kier alpha value is -3.63. The zero-order valence-corrected chi connectivity index (χ0v) is 23.0. The number of aromatic nitrogens is 2. The van der Waals surface area contributed by atoms with E-state index in [9.17, 15) is 24.3 Å². The van der Waals surface area contributed by atoms with Crippen LogP contribution in [0.25, 0.3) is 5.69 Å². The van der Waals surface area contributed by atoms with E-state index >= 15 is 0 Å². The highest BCUT2D eigenvalue weighted by Gasteiger charge is 2.68. The monoisotopic (exact) mass is 548 g/mol. The van der Waals surface area contributed by atoms with Crippen molar-refractivity contribution in [2.24, 2.45) is 18.9 Å². The number of hydrogen-bond donors (Lipinski definition) is 2. The SMILES string of the molecule is CSCCCN1C(=O)C2C(c3c(C)n(C)n(-c4ccccc4)c3=O)NC(Cc3ccccc3)(C(=O)O)C2C1=O. The van der Waals surface area contributed by atoms with Crippen LogP contribution in [0.3, 0.4) is 0 Å². The molecule has 4 atom stereocenters. The number of nitrogens with zero attached hydrogens (tertiary/aromatic N) is 3. The van der Waals surface area contributed by atoms with Crippen molar-refractivity contribution in [1.82, 2.24) is 19.6 Å². The lowest BCUT2D eigenvalue weighted by Gasteiger charge is -2.31. The summed E-state index contributed by atoms with van der Waals surface area (Å²) in [7, 11) is 1.75. The van der Waals surface area contributed by atoms with Crippen molar-refractivity contribution in [1.29, 1.82) is 0 Å². The van der Waals surface area contributed by atoms with Gasteiger partial charge in [0, 0.05) is 25.7 Å². The van der Waals surface area contributed by atoms with E-state index in [1.165, 1.54) is 9.58 Å². The van der Waals surface area contributed by atoms with Crippen molar-refractivity contribution in [3.63, 3.8) is 0 Å². The zero-order chi connectivity index (χ0) is 27.9. The first-order valence-corrected chi connectivity index (χ1v) is 14.4. The van der Waals surface area contributed by atoms with Crippen molar-refractivity contribution in [2.75, 3.05) is 18.6 Å². The van der Waals surface area contributed by atoms with E-state index in [0.29, 0.717) is 23.4 Å². The zero-order valence-electron chi connectivity index (χ0n) is 22.2. The third-order valence-corrected chi connectivity index (χ3v) is 8.79. The summed E-state index contributed by atoms with van der Waals surface area (Å²) < 4.78 is 3.22. The van der Waals surface area contributed by atoms with E-state index in [1.54, 1.807) is 30.4 Å². The van der Waals surface area contributed by atoms with Crippen LogP contribution < -0.4 is 10.9 Å². The summed E-state index contributed by atoms with van der Waals surface area (Å²) in [6.07, 6.45) is 2.56. The molecule has 3 heterocycles. The van der Waals surface area contributed by atoms with Gasteiger partial charge in [-0.15, -0.1) is 0 Å². The number of nitrogens with one attached hydrogen (secondary N) is 1. The number of fused-ring (bicyclic) bond motifs is 1. The fourth-order valence-corrected chi connectivity index (χ4v) is 6.62. The van der Waals surface area contributed by atoms with Crippen molar-refractivity contribution in [2.45, 2.75) is 31.3 Å². The third kappa shape index (κ3) is 4.31. The van der Waals surface area contributed by atoms with Crippen LogP contribution in [-0.4, -0.2) is 61.2 Å². The summed E-state index contributed by atoms with van der Waals surface area (Å²) in [5.41, 5.74) is 0.167. The molecule has 2 saturated heterocycles. The fraction of sp³-hybridized carbons (Fsp3) is 0.379. The minimum absolute atomic E-state index is 0.00271. The van der Waals surface area contributed by atoms with Gasteiger partial charge in [0.25, 0.3) is 5.56 Å². The summed E-state index contributed by atoms with van der Waals surface area (Å²) in [6, 6.07) is 17.3. The Labute approximate surface area is 230 Å². The maximum Gasteiger partial charge on any atom is 0.325 e. The number of carboxylic acid groups (broad SMARTS) is 1. The number of amides is 2. The minimum Gasteiger partial charge on any atom is -0.480 e. The highest BCUT2D eigenvalue weighted by atomic mass is 32.2. The highest BCUT2D eigenvalue weighted by Crippen LogP contribution is 2.50. The molecule has 2 N–H and O–H groups in total. The Balaban J connectivity index is 1.67. The van der Waals surface area contributed by atoms with E-state index in [4.69, 9.17) is 0 Å². The summed E-state index contributed by atoms with van der Waals surface area (Å²) in [6.45, 7) is 2.00. The number of carbonyl (C=O) groups excluding carboxylic acids is 2. The third-order valence-electron chi connectivity index (χ3n) is 8.09. The second-order valence-electron chi connectivity index (χ2n) is 10.2. The molecule has 0 spiro atoms. The van der Waals surface area contributed by atoms with Crippen molar-refractivity contribution < 1.29 is 19.5 Å². The van der Waals surface area contributed by atoms with Gasteiger partial charge in [-0.1, -0.05) is 48.5 Å². The molecule has 9 nitrogen and oxygen atoms in total. The van der Waals surface area contributed by atoms with Gasteiger partial charge in [-0.3, -0.25) is 34.1 Å². The lowest BCUT2D eigenvalue weighted by Crippen LogP contribution is -2.57. The van der Waals surface area contributed by atoms with Gasteiger partial charge < -0.3 is 5.11 Å². The summed E-state index contributed by atoms with van der Waals surface area (Å²) in [5.74, 6) is -3.52. The molecule has 1 aromatic heterocycles. The Kier molecular flexibility index (Phi) is 7.26. The van der Waals surface area contributed by atoms with Gasteiger partial charge in [-0.25, -0.2) is 4.68 Å². The Bertz CT molecular complexity index is 1470. The van der Waals surface area contributed by atoms with Crippen LogP contribution in [0.15, 0.2) is 65.5 Å². The number of imide groups is 1. The minimum atomic E-state index is -1.76. The number of rotatable bonds is 9. The van der Waals surface area contributed by atoms with Crippen LogP contribution in [0, 0.1) is 18.8 Å². The molecule has 2 aromatic carbocycles. The smallest absolute Gasteiger partial charge is 0.325 e. The molecule has 3 aromatic rings. The van der Waals surface area contributed by atoms with Crippen LogP contribution in [0.5, 0.6) is 0 Å². The number of carboxylic acids is 1. The van der Waals surface area contributed by atoms with E-state index in [-0.39, 0.29) is 18.5 Å². The van der Waals surface area contributed by atoms with Gasteiger partial charge in [-0.2, -0.15) is 11.8 Å². The van der Waals surface area contributed by atoms with Crippen LogP contribution in [0.2, 0.25) is 0 Å². The molecule has 39 heavy (non-hydrogen) atoms. The Morgan fingerprint density at radius 1 is 1.03 bits per heavy atom. The first-order valence-electron chi connectivity index (χ1n) is 13.0. The molecule has 204 valence electrons. The molecule has 2 aliphatic heterocycles. The second-order valence-corrected chi connectivity index (χ2v) is 11.2. The largest absolute Gasteiger partial charge is 0.480 e. The molecule has 10 heteroatoms. The number of para-hydroxylation sites is 1. The van der Waals surface area contributed by atoms with Gasteiger partial charge in [0.1, 0.15) is 5.54 Å². The van der Waals surface area contributed by atoms with Gasteiger partial charge >= 0.3 is 5.97 Å². The van der Waals surface area contributed by atoms with Gasteiger partial charge in [0.2, 0.25) is 11.8 Å². The average Bonchev–Trinajstić information content (AvgIpc) is 3.47. The number of likely N-dealkylation sites (tertiary alicyclic amines) is 1. The van der Waals surface area contributed by atoms with E-state index in [0.717, 1.165) is 11.3 Å². The number of thioether (sulfide) groups is 1. The lowest BCUT2D eigenvalue weighted by atomic mass is 9.76. The molecule has 5 rings (SSSR count). The fourth-order valence-electron chi connectivity index (χ4n) is 6.20. The van der Waals surface area contributed by atoms with Crippen LogP contribution in [0.1, 0.15) is 29.3 Å². The Morgan fingerprint density at radius 2 is 1.67 bits per heavy atom. The highest BCUT2D eigenvalue weighted by molar-refractivity contribution is 7.98. The molecule has 0 bridgehead atoms. The van der Waals surface area contributed by atoms with E-state index in [1.807, 2.05) is 66.9 Å². The lowest BCUT2D eigenvalue weighted by molar-refractivity contribution is -0.151. The second kappa shape index (κ2) is 10.5. The molecular formula is C29H32N4O5S. The van der Waals surface area contributed by atoms with Gasteiger partial charge in [0.05, 0.1) is 29.1 Å². The van der Waals surface area contributed by atoms with Crippen molar-refractivity contribution >= 4 is 29.5 Å². The molecule has 0 saturated carbocycles. The number of benzene rings is 2. The maximum absolute atomic E-state index is 13.9. The maximum atomic E-state index is 13.9. The van der Waals surface area contributed by atoms with Gasteiger partial charge in [0.15, 0.2) is 0 Å². The molecule has 0 radical (unpaired) electrons. The van der Waals surface area contributed by atoms with E-state index < -0.39 is 41.2 Å². The first kappa shape index (κ1) is 27.0. The molecular weight excluding hydrogens is 516 g/mol. The standard InChI is InChI=1S/C29H32N4O5S/c1-18-21(26(35)33(31(18)2)20-13-8-5-9-14-20)24-22-23(27(36)32(25(22)34)15-10-16-39-3)29(30-24,28(37)38)17-19-11-6-4-7-12-19/h4-9,11-14,22-24,30H,10,15-17H2,1-3H3,(H,37,38). The number of hydrogen-bond acceptors (Lipinski definition) is 6. The van der Waals surface area contributed by atoms with Crippen LogP contribution >= 0.6 is 11.8 Å². The predicted molar refractivity (Wildman–Crippen MR) is 149 cm³/mol. The van der Waals surface area contributed by atoms with Gasteiger partial charge in [-0.05, 0) is 43.0 Å². The van der Waals surface area contributed by atoms with Crippen molar-refractivity contribution in [3.05, 3.63) is 87.8 Å². The molecule has 0 aliphatic carbocycles. The molecule has 4 unspecified atom stereocenters. The number of carbonyl (C=O) groups is 3. The average molecular weight is 549 g/mol. The summed E-state index contributed by atoms with van der Waals surface area (Å²) in [4.78, 5) is 56.0. The summed E-state index contributed by atoms with van der Waals surface area (Å²) >= 11 is 1.62. The predicted octanol–water partition coefficient (Wildman–Crippen LogP) is 2.55. The summed E-state index contributed by atoms with van der Waals surface area (Å²) in [5, 5.41) is 13.9. The van der Waals surface area contributed by atoms with Crippen LogP contribution in [0.4, 0.5) is 0 Å². The topological polar surface area (TPSA) is 114 Å². The number of aliphatic carboxylic acids is 1. The normalized spacial score (nSPS) is 24.4. The Morgan fingerprint density at radius 3 is 2.28 bits per heavy atom. The molecule has 2 amide bonds. The van der Waals surface area contributed by atoms with E-state index in [2.05, 4.69) is 5.32 Å². The van der Waals surface area contributed by atoms with Crippen molar-refractivity contribution in [3.8, 4) is 5.69 Å². The van der Waals surface area contributed by atoms with Crippen LogP contribution in [-0.2, 0) is 27.9 Å². The quantitative estimate of drug-likeness (QED) is 0.312. The molecule has 2 fully saturated rings.